The lowest BCUT2D eigenvalue weighted by Gasteiger charge is -2.17. The monoisotopic (exact) mass is 313 g/mol. The summed E-state index contributed by atoms with van der Waals surface area (Å²) in [6.07, 6.45) is 0. The second-order valence-corrected chi connectivity index (χ2v) is 6.95. The number of nitrogens with zero attached hydrogens (tertiary/aromatic N) is 1. The molecule has 1 heterocycles. The molecule has 1 atom stereocenters. The number of benzene rings is 2. The molecule has 0 spiro atoms. The zero-order valence-electron chi connectivity index (χ0n) is 11.4. The molecule has 0 aliphatic rings. The number of thiazole rings is 1. The maximum Gasteiger partial charge on any atom is 0.0850 e. The van der Waals surface area contributed by atoms with Gasteiger partial charge in [-0.05, 0) is 11.1 Å². The van der Waals surface area contributed by atoms with E-state index in [2.05, 4.69) is 4.98 Å². The molecule has 2 nitrogen and oxygen atoms in total. The smallest absolute Gasteiger partial charge is 0.0850 e. The zero-order chi connectivity index (χ0) is 14.5. The minimum absolute atomic E-state index is 0.117. The summed E-state index contributed by atoms with van der Waals surface area (Å²) in [5, 5.41) is 1.85. The molecule has 0 aliphatic carbocycles. The Morgan fingerprint density at radius 3 is 2.00 bits per heavy atom. The number of aromatic nitrogens is 1. The van der Waals surface area contributed by atoms with E-state index in [0.29, 0.717) is 5.75 Å². The van der Waals surface area contributed by atoms with Crippen molar-refractivity contribution >= 4 is 22.1 Å². The van der Waals surface area contributed by atoms with Crippen molar-refractivity contribution in [2.75, 3.05) is 0 Å². The van der Waals surface area contributed by atoms with Gasteiger partial charge in [-0.25, -0.2) is 4.98 Å². The van der Waals surface area contributed by atoms with Crippen molar-refractivity contribution in [1.82, 2.24) is 4.98 Å². The average Bonchev–Trinajstić information content (AvgIpc) is 3.02. The first-order valence-corrected chi connectivity index (χ1v) is 9.01. The highest BCUT2D eigenvalue weighted by Gasteiger charge is 2.21. The highest BCUT2D eigenvalue weighted by molar-refractivity contribution is 7.84. The Morgan fingerprint density at radius 2 is 1.52 bits per heavy atom. The summed E-state index contributed by atoms with van der Waals surface area (Å²) in [6, 6.07) is 20.1. The van der Waals surface area contributed by atoms with Crippen molar-refractivity contribution in [3.63, 3.8) is 0 Å². The molecule has 0 unspecified atom stereocenters. The topological polar surface area (TPSA) is 30.0 Å². The summed E-state index contributed by atoms with van der Waals surface area (Å²) in [6.45, 7) is 0. The number of hydrogen-bond donors (Lipinski definition) is 0. The maximum atomic E-state index is 12.9. The molecule has 1 aromatic heterocycles. The fourth-order valence-corrected chi connectivity index (χ4v) is 4.49. The molecule has 21 heavy (non-hydrogen) atoms. The average molecular weight is 313 g/mol. The molecule has 0 aliphatic heterocycles. The van der Waals surface area contributed by atoms with Gasteiger partial charge in [-0.3, -0.25) is 4.21 Å². The first kappa shape index (κ1) is 14.2. The van der Waals surface area contributed by atoms with Gasteiger partial charge in [-0.1, -0.05) is 60.7 Å². The SMILES string of the molecule is O=[S@@](Cc1cscn1)C(c1ccccc1)c1ccccc1. The molecule has 0 N–H and O–H groups in total. The molecule has 4 heteroatoms. The molecule has 3 rings (SSSR count). The summed E-state index contributed by atoms with van der Waals surface area (Å²) in [5.41, 5.74) is 4.84. The predicted octanol–water partition coefficient (Wildman–Crippen LogP) is 4.18. The Balaban J connectivity index is 1.95. The second kappa shape index (κ2) is 6.78. The molecular weight excluding hydrogens is 298 g/mol. The Hall–Kier alpha value is -1.78. The van der Waals surface area contributed by atoms with Gasteiger partial charge < -0.3 is 0 Å². The molecule has 0 saturated carbocycles. The zero-order valence-corrected chi connectivity index (χ0v) is 13.0. The third-order valence-electron chi connectivity index (χ3n) is 3.24. The van der Waals surface area contributed by atoms with Crippen LogP contribution in [0, 0.1) is 0 Å². The van der Waals surface area contributed by atoms with E-state index in [4.69, 9.17) is 0 Å². The minimum Gasteiger partial charge on any atom is -0.258 e. The van der Waals surface area contributed by atoms with Crippen molar-refractivity contribution in [3.05, 3.63) is 88.4 Å². The predicted molar refractivity (Wildman–Crippen MR) is 88.7 cm³/mol. The first-order valence-electron chi connectivity index (χ1n) is 6.69. The molecule has 0 saturated heterocycles. The van der Waals surface area contributed by atoms with Gasteiger partial charge in [-0.2, -0.15) is 0 Å². The fourth-order valence-electron chi connectivity index (χ4n) is 2.29. The quantitative estimate of drug-likeness (QED) is 0.707. The van der Waals surface area contributed by atoms with E-state index in [1.807, 2.05) is 66.0 Å². The van der Waals surface area contributed by atoms with Crippen LogP contribution >= 0.6 is 11.3 Å². The van der Waals surface area contributed by atoms with Crippen LogP contribution in [-0.4, -0.2) is 9.19 Å². The standard InChI is InChI=1S/C17H15NOS2/c19-21(12-16-11-20-13-18-16)17(14-7-3-1-4-8-14)15-9-5-2-6-10-15/h1-11,13,17H,12H2/t21-/m0/s1. The van der Waals surface area contributed by atoms with E-state index < -0.39 is 10.8 Å². The molecule has 0 bridgehead atoms. The lowest BCUT2D eigenvalue weighted by Crippen LogP contribution is -2.10. The van der Waals surface area contributed by atoms with E-state index in [1.165, 1.54) is 11.3 Å². The number of rotatable bonds is 5. The Labute approximate surface area is 131 Å². The van der Waals surface area contributed by atoms with Gasteiger partial charge in [0.25, 0.3) is 0 Å². The van der Waals surface area contributed by atoms with E-state index in [1.54, 1.807) is 5.51 Å². The third kappa shape index (κ3) is 3.46. The minimum atomic E-state index is -1.04. The van der Waals surface area contributed by atoms with E-state index in [9.17, 15) is 4.21 Å². The van der Waals surface area contributed by atoms with Crippen LogP contribution in [0.3, 0.4) is 0 Å². The third-order valence-corrected chi connectivity index (χ3v) is 5.53. The molecule has 0 radical (unpaired) electrons. The summed E-state index contributed by atoms with van der Waals surface area (Å²) in [4.78, 5) is 4.25. The van der Waals surface area contributed by atoms with Crippen LogP contribution in [0.5, 0.6) is 0 Å². The second-order valence-electron chi connectivity index (χ2n) is 4.71. The van der Waals surface area contributed by atoms with Gasteiger partial charge in [0.1, 0.15) is 0 Å². The van der Waals surface area contributed by atoms with Crippen LogP contribution in [0.15, 0.2) is 71.6 Å². The normalized spacial score (nSPS) is 12.4. The fraction of sp³-hybridized carbons (Fsp3) is 0.118. The van der Waals surface area contributed by atoms with Gasteiger partial charge >= 0.3 is 0 Å². The largest absolute Gasteiger partial charge is 0.258 e. The van der Waals surface area contributed by atoms with Gasteiger partial charge in [-0.15, -0.1) is 11.3 Å². The highest BCUT2D eigenvalue weighted by atomic mass is 32.2. The van der Waals surface area contributed by atoms with Gasteiger partial charge in [0.05, 0.1) is 22.2 Å². The van der Waals surface area contributed by atoms with Crippen LogP contribution in [0.4, 0.5) is 0 Å². The van der Waals surface area contributed by atoms with Gasteiger partial charge in [0.15, 0.2) is 0 Å². The molecule has 0 amide bonds. The summed E-state index contributed by atoms with van der Waals surface area (Å²) >= 11 is 1.54. The molecule has 3 aromatic rings. The molecule has 106 valence electrons. The van der Waals surface area contributed by atoms with Gasteiger partial charge in [0, 0.05) is 16.2 Å². The highest BCUT2D eigenvalue weighted by Crippen LogP contribution is 2.29. The Morgan fingerprint density at radius 1 is 0.952 bits per heavy atom. The summed E-state index contributed by atoms with van der Waals surface area (Å²) in [7, 11) is -1.04. The van der Waals surface area contributed by atoms with Crippen molar-refractivity contribution in [2.24, 2.45) is 0 Å². The Bertz CT molecular complexity index is 657. The van der Waals surface area contributed by atoms with Crippen molar-refractivity contribution in [2.45, 2.75) is 11.0 Å². The lowest BCUT2D eigenvalue weighted by atomic mass is 10.0. The molecule has 2 aromatic carbocycles. The molecule has 0 fully saturated rings. The molecular formula is C17H15NOS2. The van der Waals surface area contributed by atoms with E-state index in [0.717, 1.165) is 16.8 Å². The van der Waals surface area contributed by atoms with E-state index >= 15 is 0 Å². The van der Waals surface area contributed by atoms with Crippen LogP contribution in [0.2, 0.25) is 0 Å². The van der Waals surface area contributed by atoms with Crippen LogP contribution in [-0.2, 0) is 16.6 Å². The van der Waals surface area contributed by atoms with Gasteiger partial charge in [0.2, 0.25) is 0 Å². The van der Waals surface area contributed by atoms with Crippen molar-refractivity contribution < 1.29 is 4.21 Å². The summed E-state index contributed by atoms with van der Waals surface area (Å²) in [5.74, 6) is 0.484. The van der Waals surface area contributed by atoms with Crippen molar-refractivity contribution in [1.29, 1.82) is 0 Å². The lowest BCUT2D eigenvalue weighted by molar-refractivity contribution is 0.677. The van der Waals surface area contributed by atoms with Crippen LogP contribution in [0.25, 0.3) is 0 Å². The van der Waals surface area contributed by atoms with Crippen LogP contribution in [0.1, 0.15) is 22.1 Å². The van der Waals surface area contributed by atoms with E-state index in [-0.39, 0.29) is 5.25 Å². The van der Waals surface area contributed by atoms with Crippen LogP contribution < -0.4 is 0 Å². The number of hydrogen-bond acceptors (Lipinski definition) is 3. The Kier molecular flexibility index (Phi) is 4.58. The van der Waals surface area contributed by atoms with Crippen molar-refractivity contribution in [3.8, 4) is 0 Å². The summed E-state index contributed by atoms with van der Waals surface area (Å²) < 4.78 is 12.9. The first-order chi connectivity index (χ1) is 10.3. The maximum absolute atomic E-state index is 12.9.